The Morgan fingerprint density at radius 2 is 2.10 bits per heavy atom. The third-order valence-corrected chi connectivity index (χ3v) is 2.82. The van der Waals surface area contributed by atoms with E-state index < -0.39 is 4.92 Å². The van der Waals surface area contributed by atoms with Gasteiger partial charge in [0.15, 0.2) is 0 Å². The number of nitro groups is 1. The van der Waals surface area contributed by atoms with E-state index in [-0.39, 0.29) is 10.7 Å². The highest BCUT2D eigenvalue weighted by atomic mass is 35.5. The molecule has 0 unspecified atom stereocenters. The van der Waals surface area contributed by atoms with Crippen molar-refractivity contribution in [2.24, 2.45) is 4.99 Å². The third-order valence-electron chi connectivity index (χ3n) is 2.50. The van der Waals surface area contributed by atoms with Gasteiger partial charge in [-0.05, 0) is 29.8 Å². The predicted octanol–water partition coefficient (Wildman–Crippen LogP) is 3.87. The highest BCUT2D eigenvalue weighted by molar-refractivity contribution is 6.32. The molecule has 2 aromatic carbocycles. The number of benzene rings is 2. The molecule has 0 aliphatic rings. The summed E-state index contributed by atoms with van der Waals surface area (Å²) >= 11 is 5.73. The Morgan fingerprint density at radius 3 is 2.80 bits per heavy atom. The minimum Gasteiger partial charge on any atom is -0.258 e. The number of nitro benzene ring substituents is 1. The first-order chi connectivity index (χ1) is 9.60. The predicted molar refractivity (Wildman–Crippen MR) is 76.5 cm³/mol. The monoisotopic (exact) mass is 285 g/mol. The maximum atomic E-state index is 10.8. The van der Waals surface area contributed by atoms with Crippen molar-refractivity contribution in [2.75, 3.05) is 0 Å². The van der Waals surface area contributed by atoms with Crippen LogP contribution >= 0.6 is 11.6 Å². The smallest absolute Gasteiger partial charge is 0.258 e. The first kappa shape index (κ1) is 13.7. The van der Waals surface area contributed by atoms with Gasteiger partial charge in [-0.25, -0.2) is 0 Å². The molecule has 5 nitrogen and oxygen atoms in total. The molecule has 2 aromatic rings. The zero-order valence-corrected chi connectivity index (χ0v) is 10.9. The molecule has 0 N–H and O–H groups in total. The van der Waals surface area contributed by atoms with Crippen LogP contribution in [0, 0.1) is 21.4 Å². The molecule has 98 valence electrons. The fourth-order valence-corrected chi connectivity index (χ4v) is 1.74. The fourth-order valence-electron chi connectivity index (χ4n) is 1.55. The van der Waals surface area contributed by atoms with Gasteiger partial charge in [-0.2, -0.15) is 5.26 Å². The molecule has 0 bridgehead atoms. The number of rotatable bonds is 3. The van der Waals surface area contributed by atoms with E-state index in [0.29, 0.717) is 16.8 Å². The zero-order chi connectivity index (χ0) is 14.5. The summed E-state index contributed by atoms with van der Waals surface area (Å²) in [5.74, 6) is 0. The van der Waals surface area contributed by atoms with Crippen LogP contribution in [0.15, 0.2) is 47.5 Å². The number of aliphatic imine (C=N–C) groups is 1. The van der Waals surface area contributed by atoms with E-state index >= 15 is 0 Å². The van der Waals surface area contributed by atoms with Gasteiger partial charge in [-0.15, -0.1) is 0 Å². The average Bonchev–Trinajstić information content (AvgIpc) is 2.46. The number of hydrogen-bond donors (Lipinski definition) is 0. The summed E-state index contributed by atoms with van der Waals surface area (Å²) in [4.78, 5) is 14.4. The van der Waals surface area contributed by atoms with Gasteiger partial charge in [-0.3, -0.25) is 15.1 Å². The summed E-state index contributed by atoms with van der Waals surface area (Å²) in [6, 6.07) is 13.2. The average molecular weight is 286 g/mol. The van der Waals surface area contributed by atoms with Gasteiger partial charge in [-0.1, -0.05) is 23.7 Å². The fraction of sp³-hybridized carbons (Fsp3) is 0. The second-order valence-corrected chi connectivity index (χ2v) is 4.30. The van der Waals surface area contributed by atoms with Gasteiger partial charge in [0, 0.05) is 12.3 Å². The number of halogens is 1. The van der Waals surface area contributed by atoms with Crippen molar-refractivity contribution in [1.82, 2.24) is 0 Å². The second-order valence-electron chi connectivity index (χ2n) is 3.89. The van der Waals surface area contributed by atoms with E-state index in [1.807, 2.05) is 6.07 Å². The van der Waals surface area contributed by atoms with E-state index in [1.54, 1.807) is 30.3 Å². The zero-order valence-electron chi connectivity index (χ0n) is 10.2. The lowest BCUT2D eigenvalue weighted by atomic mass is 10.2. The Morgan fingerprint density at radius 1 is 1.30 bits per heavy atom. The van der Waals surface area contributed by atoms with Crippen molar-refractivity contribution in [3.05, 3.63) is 68.7 Å². The second kappa shape index (κ2) is 5.95. The molecule has 2 rings (SSSR count). The first-order valence-corrected chi connectivity index (χ1v) is 5.96. The standard InChI is InChI=1S/C14H8ClN3O2/c15-13-5-4-11(7-14(13)18(19)20)9-17-12-3-1-2-10(6-12)8-16/h1-7,9H. The molecule has 0 aromatic heterocycles. The maximum Gasteiger partial charge on any atom is 0.288 e. The molecule has 0 aliphatic heterocycles. The van der Waals surface area contributed by atoms with Crippen LogP contribution in [0.2, 0.25) is 5.02 Å². The van der Waals surface area contributed by atoms with Crippen molar-refractivity contribution in [1.29, 1.82) is 5.26 Å². The molecule has 6 heteroatoms. The highest BCUT2D eigenvalue weighted by Crippen LogP contribution is 2.24. The molecule has 0 amide bonds. The highest BCUT2D eigenvalue weighted by Gasteiger charge is 2.11. The van der Waals surface area contributed by atoms with E-state index in [4.69, 9.17) is 16.9 Å². The molecule has 0 saturated carbocycles. The summed E-state index contributed by atoms with van der Waals surface area (Å²) < 4.78 is 0. The SMILES string of the molecule is N#Cc1cccc(N=Cc2ccc(Cl)c([N+](=O)[O-])c2)c1. The molecule has 0 fully saturated rings. The van der Waals surface area contributed by atoms with Crippen LogP contribution in [0.5, 0.6) is 0 Å². The van der Waals surface area contributed by atoms with Gasteiger partial charge in [0.25, 0.3) is 5.69 Å². The van der Waals surface area contributed by atoms with Crippen LogP contribution in [-0.2, 0) is 0 Å². The minimum absolute atomic E-state index is 0.0821. The maximum absolute atomic E-state index is 10.8. The van der Waals surface area contributed by atoms with Crippen LogP contribution < -0.4 is 0 Å². The van der Waals surface area contributed by atoms with Crippen molar-refractivity contribution in [3.63, 3.8) is 0 Å². The Labute approximate surface area is 119 Å². The lowest BCUT2D eigenvalue weighted by molar-refractivity contribution is -0.384. The van der Waals surface area contributed by atoms with E-state index in [2.05, 4.69) is 4.99 Å². The first-order valence-electron chi connectivity index (χ1n) is 5.58. The summed E-state index contributed by atoms with van der Waals surface area (Å²) in [5, 5.41) is 19.6. The van der Waals surface area contributed by atoms with Crippen molar-refractivity contribution in [2.45, 2.75) is 0 Å². The van der Waals surface area contributed by atoms with Gasteiger partial charge in [0.2, 0.25) is 0 Å². The summed E-state index contributed by atoms with van der Waals surface area (Å²) in [6.07, 6.45) is 1.49. The van der Waals surface area contributed by atoms with Crippen molar-refractivity contribution >= 4 is 29.2 Å². The van der Waals surface area contributed by atoms with Crippen LogP contribution in [0.1, 0.15) is 11.1 Å². The quantitative estimate of drug-likeness (QED) is 0.488. The molecule has 0 aliphatic carbocycles. The molecule has 0 saturated heterocycles. The van der Waals surface area contributed by atoms with Gasteiger partial charge in [0.1, 0.15) is 5.02 Å². The lowest BCUT2D eigenvalue weighted by Gasteiger charge is -1.97. The summed E-state index contributed by atoms with van der Waals surface area (Å²) in [7, 11) is 0. The topological polar surface area (TPSA) is 79.3 Å². The molecule has 20 heavy (non-hydrogen) atoms. The Bertz CT molecular complexity index is 735. The van der Waals surface area contributed by atoms with Crippen LogP contribution in [0.25, 0.3) is 0 Å². The van der Waals surface area contributed by atoms with Gasteiger partial charge in [0.05, 0.1) is 22.2 Å². The molecule has 0 heterocycles. The van der Waals surface area contributed by atoms with Crippen molar-refractivity contribution < 1.29 is 4.92 Å². The summed E-state index contributed by atoms with van der Waals surface area (Å²) in [6.45, 7) is 0. The van der Waals surface area contributed by atoms with E-state index in [1.165, 1.54) is 18.3 Å². The molecular weight excluding hydrogens is 278 g/mol. The normalized spacial score (nSPS) is 10.4. The third kappa shape index (κ3) is 3.19. The molecule has 0 radical (unpaired) electrons. The van der Waals surface area contributed by atoms with Crippen LogP contribution in [-0.4, -0.2) is 11.1 Å². The van der Waals surface area contributed by atoms with E-state index in [0.717, 1.165) is 0 Å². The Kier molecular flexibility index (Phi) is 4.08. The minimum atomic E-state index is -0.546. The van der Waals surface area contributed by atoms with Gasteiger partial charge >= 0.3 is 0 Å². The van der Waals surface area contributed by atoms with Crippen LogP contribution in [0.3, 0.4) is 0 Å². The van der Waals surface area contributed by atoms with Gasteiger partial charge < -0.3 is 0 Å². The Balaban J connectivity index is 2.30. The largest absolute Gasteiger partial charge is 0.288 e. The molecular formula is C14H8ClN3O2. The summed E-state index contributed by atoms with van der Waals surface area (Å²) in [5.41, 5.74) is 1.49. The van der Waals surface area contributed by atoms with E-state index in [9.17, 15) is 10.1 Å². The van der Waals surface area contributed by atoms with Crippen molar-refractivity contribution in [3.8, 4) is 6.07 Å². The Hall–Kier alpha value is -2.71. The number of nitrogens with zero attached hydrogens (tertiary/aromatic N) is 3. The number of nitriles is 1. The number of hydrogen-bond acceptors (Lipinski definition) is 4. The molecule has 0 atom stereocenters. The molecule has 0 spiro atoms. The van der Waals surface area contributed by atoms with Crippen LogP contribution in [0.4, 0.5) is 11.4 Å². The lowest BCUT2D eigenvalue weighted by Crippen LogP contribution is -1.91.